The summed E-state index contributed by atoms with van der Waals surface area (Å²) in [4.78, 5) is 25.6. The van der Waals surface area contributed by atoms with Gasteiger partial charge in [-0.25, -0.2) is 8.42 Å². The molecule has 1 aromatic carbocycles. The number of benzene rings is 1. The molecule has 0 atom stereocenters. The number of nitrogens with zero attached hydrogens (tertiary/aromatic N) is 1. The molecule has 1 heterocycles. The fraction of sp³-hybridized carbons (Fsp3) is 0.500. The highest BCUT2D eigenvalue weighted by molar-refractivity contribution is 7.92. The molecular weight excluding hydrogens is 332 g/mol. The SMILES string of the molecule is CNC(=O)CS(=O)(=O)C1CCN(C(=O)c2ccccc2OC)CC1. The van der Waals surface area contributed by atoms with E-state index >= 15 is 0 Å². The van der Waals surface area contributed by atoms with Gasteiger partial charge in [-0.15, -0.1) is 0 Å². The van der Waals surface area contributed by atoms with Crippen LogP contribution in [0.4, 0.5) is 0 Å². The molecule has 0 radical (unpaired) electrons. The summed E-state index contributed by atoms with van der Waals surface area (Å²) < 4.78 is 29.6. The molecule has 1 fully saturated rings. The lowest BCUT2D eigenvalue weighted by atomic mass is 10.1. The molecule has 8 heteroatoms. The zero-order valence-corrected chi connectivity index (χ0v) is 14.6. The zero-order chi connectivity index (χ0) is 17.7. The number of hydrogen-bond donors (Lipinski definition) is 1. The zero-order valence-electron chi connectivity index (χ0n) is 13.8. The van der Waals surface area contributed by atoms with E-state index in [1.165, 1.54) is 14.2 Å². The highest BCUT2D eigenvalue weighted by atomic mass is 32.2. The molecule has 132 valence electrons. The van der Waals surface area contributed by atoms with Gasteiger partial charge in [-0.2, -0.15) is 0 Å². The fourth-order valence-electron chi connectivity index (χ4n) is 2.78. The number of ether oxygens (including phenoxy) is 1. The van der Waals surface area contributed by atoms with Crippen LogP contribution in [-0.4, -0.2) is 63.4 Å². The first-order valence-corrected chi connectivity index (χ1v) is 9.45. The predicted molar refractivity (Wildman–Crippen MR) is 89.8 cm³/mol. The number of sulfone groups is 1. The molecule has 0 aromatic heterocycles. The Balaban J connectivity index is 2.02. The number of amides is 2. The van der Waals surface area contributed by atoms with Crippen molar-refractivity contribution in [2.24, 2.45) is 0 Å². The van der Waals surface area contributed by atoms with Crippen LogP contribution in [0.1, 0.15) is 23.2 Å². The van der Waals surface area contributed by atoms with Crippen LogP contribution in [0.25, 0.3) is 0 Å². The van der Waals surface area contributed by atoms with Crippen LogP contribution in [-0.2, 0) is 14.6 Å². The molecule has 2 amide bonds. The van der Waals surface area contributed by atoms with Crippen molar-refractivity contribution < 1.29 is 22.7 Å². The lowest BCUT2D eigenvalue weighted by Crippen LogP contribution is -2.44. The third-order valence-corrected chi connectivity index (χ3v) is 6.34. The fourth-order valence-corrected chi connectivity index (χ4v) is 4.46. The van der Waals surface area contributed by atoms with Crippen molar-refractivity contribution in [3.8, 4) is 5.75 Å². The predicted octanol–water partition coefficient (Wildman–Crippen LogP) is 0.461. The number of para-hydroxylation sites is 1. The van der Waals surface area contributed by atoms with Gasteiger partial charge in [-0.3, -0.25) is 9.59 Å². The topological polar surface area (TPSA) is 92.8 Å². The van der Waals surface area contributed by atoms with E-state index in [9.17, 15) is 18.0 Å². The number of carbonyl (C=O) groups excluding carboxylic acids is 2. The Labute approximate surface area is 141 Å². The highest BCUT2D eigenvalue weighted by Crippen LogP contribution is 2.24. The van der Waals surface area contributed by atoms with Gasteiger partial charge in [0, 0.05) is 20.1 Å². The summed E-state index contributed by atoms with van der Waals surface area (Å²) >= 11 is 0. The summed E-state index contributed by atoms with van der Waals surface area (Å²) in [7, 11) is -0.583. The number of piperidine rings is 1. The molecule has 0 aliphatic carbocycles. The molecule has 0 unspecified atom stereocenters. The minimum Gasteiger partial charge on any atom is -0.496 e. The van der Waals surface area contributed by atoms with Crippen LogP contribution in [0.15, 0.2) is 24.3 Å². The Morgan fingerprint density at radius 3 is 2.46 bits per heavy atom. The van der Waals surface area contributed by atoms with Crippen molar-refractivity contribution in [2.75, 3.05) is 33.0 Å². The van der Waals surface area contributed by atoms with E-state index in [-0.39, 0.29) is 5.91 Å². The molecule has 2 rings (SSSR count). The van der Waals surface area contributed by atoms with Crippen LogP contribution in [0.2, 0.25) is 0 Å². The van der Waals surface area contributed by atoms with Crippen molar-refractivity contribution in [3.05, 3.63) is 29.8 Å². The normalized spacial score (nSPS) is 15.8. The van der Waals surface area contributed by atoms with E-state index in [4.69, 9.17) is 4.74 Å². The van der Waals surface area contributed by atoms with Gasteiger partial charge in [0.15, 0.2) is 9.84 Å². The number of rotatable bonds is 5. The summed E-state index contributed by atoms with van der Waals surface area (Å²) in [6.07, 6.45) is 0.667. The maximum atomic E-state index is 12.6. The van der Waals surface area contributed by atoms with Crippen LogP contribution in [0, 0.1) is 0 Å². The second-order valence-corrected chi connectivity index (χ2v) is 7.95. The number of hydrogen-bond acceptors (Lipinski definition) is 5. The van der Waals surface area contributed by atoms with E-state index in [0.717, 1.165) is 0 Å². The molecule has 7 nitrogen and oxygen atoms in total. The molecule has 1 aliphatic rings. The minimum atomic E-state index is -3.50. The maximum absolute atomic E-state index is 12.6. The van der Waals surface area contributed by atoms with Crippen LogP contribution < -0.4 is 10.1 Å². The van der Waals surface area contributed by atoms with Gasteiger partial charge in [0.05, 0.1) is 17.9 Å². The summed E-state index contributed by atoms with van der Waals surface area (Å²) in [5, 5.41) is 1.74. The second-order valence-electron chi connectivity index (χ2n) is 5.67. The molecule has 0 bridgehead atoms. The largest absolute Gasteiger partial charge is 0.496 e. The van der Waals surface area contributed by atoms with Crippen LogP contribution in [0.3, 0.4) is 0 Å². The summed E-state index contributed by atoms with van der Waals surface area (Å²) in [6.45, 7) is 0.684. The third kappa shape index (κ3) is 4.05. The van der Waals surface area contributed by atoms with Gasteiger partial charge in [0.1, 0.15) is 11.5 Å². The van der Waals surface area contributed by atoms with Crippen molar-refractivity contribution >= 4 is 21.7 Å². The number of methoxy groups -OCH3 is 1. The van der Waals surface area contributed by atoms with Gasteiger partial charge in [0.25, 0.3) is 5.91 Å². The van der Waals surface area contributed by atoms with E-state index in [1.54, 1.807) is 29.2 Å². The molecule has 0 saturated carbocycles. The number of likely N-dealkylation sites (tertiary alicyclic amines) is 1. The maximum Gasteiger partial charge on any atom is 0.257 e. The average Bonchev–Trinajstić information content (AvgIpc) is 2.60. The first-order chi connectivity index (χ1) is 11.4. The van der Waals surface area contributed by atoms with Crippen molar-refractivity contribution in [1.82, 2.24) is 10.2 Å². The van der Waals surface area contributed by atoms with Gasteiger partial charge >= 0.3 is 0 Å². The monoisotopic (exact) mass is 354 g/mol. The van der Waals surface area contributed by atoms with E-state index in [2.05, 4.69) is 5.32 Å². The molecule has 1 aromatic rings. The number of carbonyl (C=O) groups is 2. The lowest BCUT2D eigenvalue weighted by molar-refractivity contribution is -0.118. The average molecular weight is 354 g/mol. The Kier molecular flexibility index (Phi) is 5.82. The molecule has 1 N–H and O–H groups in total. The molecular formula is C16H22N2O5S. The first-order valence-electron chi connectivity index (χ1n) is 7.73. The van der Waals surface area contributed by atoms with Crippen LogP contribution in [0.5, 0.6) is 5.75 Å². The van der Waals surface area contributed by atoms with Crippen molar-refractivity contribution in [2.45, 2.75) is 18.1 Å². The number of nitrogens with one attached hydrogen (secondary N) is 1. The Bertz CT molecular complexity index is 709. The Morgan fingerprint density at radius 1 is 1.25 bits per heavy atom. The van der Waals surface area contributed by atoms with Crippen molar-refractivity contribution in [3.63, 3.8) is 0 Å². The summed E-state index contributed by atoms with van der Waals surface area (Å²) in [5.41, 5.74) is 0.465. The van der Waals surface area contributed by atoms with E-state index in [1.807, 2.05) is 0 Å². The van der Waals surface area contributed by atoms with Gasteiger partial charge in [-0.05, 0) is 25.0 Å². The third-order valence-electron chi connectivity index (χ3n) is 4.19. The Hall–Kier alpha value is -2.09. The first kappa shape index (κ1) is 18.3. The minimum absolute atomic E-state index is 0.172. The van der Waals surface area contributed by atoms with E-state index in [0.29, 0.717) is 37.2 Å². The smallest absolute Gasteiger partial charge is 0.257 e. The highest BCUT2D eigenvalue weighted by Gasteiger charge is 2.33. The van der Waals surface area contributed by atoms with Gasteiger partial charge in [0.2, 0.25) is 5.91 Å². The van der Waals surface area contributed by atoms with Gasteiger partial charge < -0.3 is 15.0 Å². The summed E-state index contributed by atoms with van der Waals surface area (Å²) in [6, 6.07) is 6.95. The Morgan fingerprint density at radius 2 is 1.88 bits per heavy atom. The lowest BCUT2D eigenvalue weighted by Gasteiger charge is -2.32. The summed E-state index contributed by atoms with van der Waals surface area (Å²) in [5.74, 6) is -0.691. The quantitative estimate of drug-likeness (QED) is 0.829. The van der Waals surface area contributed by atoms with Gasteiger partial charge in [-0.1, -0.05) is 12.1 Å². The van der Waals surface area contributed by atoms with E-state index < -0.39 is 26.7 Å². The second kappa shape index (κ2) is 7.65. The molecule has 24 heavy (non-hydrogen) atoms. The molecule has 0 spiro atoms. The molecule has 1 aliphatic heterocycles. The van der Waals surface area contributed by atoms with Crippen molar-refractivity contribution in [1.29, 1.82) is 0 Å². The molecule has 1 saturated heterocycles. The standard InChI is InChI=1S/C16H22N2O5S/c1-17-15(19)11-24(21,22)12-7-9-18(10-8-12)16(20)13-5-3-4-6-14(13)23-2/h3-6,12H,7-11H2,1-2H3,(H,17,19). The van der Waals surface area contributed by atoms with Crippen LogP contribution >= 0.6 is 0 Å².